The average Bonchev–Trinajstić information content (AvgIpc) is 3.57. The maximum atomic E-state index is 12.3. The Morgan fingerprint density at radius 3 is 1.76 bits per heavy atom. The van der Waals surface area contributed by atoms with E-state index in [4.69, 9.17) is 25.5 Å². The largest absolute Gasteiger partial charge is 0.475 e. The lowest BCUT2D eigenvalue weighted by Crippen LogP contribution is -2.09. The summed E-state index contributed by atoms with van der Waals surface area (Å²) in [4.78, 5) is 26.4. The number of nitrogens with zero attached hydrogens (tertiary/aromatic N) is 1. The molecule has 2 heterocycles. The topological polar surface area (TPSA) is 93.5 Å². The van der Waals surface area contributed by atoms with Crippen LogP contribution in [0.25, 0.3) is 11.1 Å². The fourth-order valence-electron chi connectivity index (χ4n) is 4.26. The molecule has 0 amide bonds. The Bertz CT molecular complexity index is 1530. The van der Waals surface area contributed by atoms with Crippen molar-refractivity contribution in [3.8, 4) is 0 Å². The van der Waals surface area contributed by atoms with E-state index in [9.17, 15) is 9.59 Å². The SMILES string of the molecule is C=C(/C=C(\c1oc(C(=O)C(C)C)cc1C)C(C)(C)C)c1ccc(Cl)c(P)c1.CCC.CCCC.CCCC(C)(C)C.Cc1nc(C)c(C(=O)O)o1. The van der Waals surface area contributed by atoms with Gasteiger partial charge in [-0.1, -0.05) is 140 Å². The maximum absolute atomic E-state index is 12.3. The number of halogens is 1. The first-order chi connectivity index (χ1) is 23.4. The van der Waals surface area contributed by atoms with Crippen molar-refractivity contribution in [1.82, 2.24) is 4.98 Å². The molecule has 1 aromatic carbocycles. The van der Waals surface area contributed by atoms with Gasteiger partial charge in [-0.05, 0) is 77.4 Å². The highest BCUT2D eigenvalue weighted by Crippen LogP contribution is 2.39. The van der Waals surface area contributed by atoms with Gasteiger partial charge in [0.05, 0.1) is 5.69 Å². The van der Waals surface area contributed by atoms with Gasteiger partial charge in [-0.3, -0.25) is 4.79 Å². The first-order valence-corrected chi connectivity index (χ1v) is 19.2. The monoisotopic (exact) mass is 745 g/mol. The smallest absolute Gasteiger partial charge is 0.373 e. The van der Waals surface area contributed by atoms with Crippen LogP contribution in [0.1, 0.15) is 172 Å². The van der Waals surface area contributed by atoms with Crippen molar-refractivity contribution in [1.29, 1.82) is 0 Å². The molecule has 6 nitrogen and oxygen atoms in total. The Morgan fingerprint density at radius 2 is 1.45 bits per heavy atom. The molecule has 3 rings (SSSR count). The van der Waals surface area contributed by atoms with Crippen molar-refractivity contribution < 1.29 is 23.5 Å². The third-order valence-corrected chi connectivity index (χ3v) is 8.03. The number of unbranched alkanes of at least 4 members (excludes halogenated alkanes) is 1. The minimum Gasteiger partial charge on any atom is -0.475 e. The second-order valence-corrected chi connectivity index (χ2v) is 16.2. The number of carbonyl (C=O) groups excluding carboxylic acids is 1. The number of benzene rings is 1. The number of aryl methyl sites for hydroxylation is 3. The third kappa shape index (κ3) is 20.0. The summed E-state index contributed by atoms with van der Waals surface area (Å²) >= 11 is 6.13. The molecule has 0 saturated carbocycles. The molecule has 0 aliphatic carbocycles. The molecule has 0 radical (unpaired) electrons. The summed E-state index contributed by atoms with van der Waals surface area (Å²) in [6, 6.07) is 7.65. The minimum atomic E-state index is -1.07. The number of allylic oxidation sites excluding steroid dienone is 3. The van der Waals surface area contributed by atoms with E-state index in [1.807, 2.05) is 51.1 Å². The van der Waals surface area contributed by atoms with Crippen molar-refractivity contribution >= 4 is 49.0 Å². The van der Waals surface area contributed by atoms with Crippen LogP contribution in [-0.2, 0) is 0 Å². The number of carbonyl (C=O) groups is 2. The van der Waals surface area contributed by atoms with E-state index in [2.05, 4.69) is 97.0 Å². The highest BCUT2D eigenvalue weighted by atomic mass is 35.5. The van der Waals surface area contributed by atoms with Crippen LogP contribution in [0.4, 0.5) is 0 Å². The van der Waals surface area contributed by atoms with Crippen LogP contribution >= 0.6 is 20.8 Å². The summed E-state index contributed by atoms with van der Waals surface area (Å²) in [6.07, 6.45) is 8.58. The fourth-order valence-corrected chi connectivity index (χ4v) is 4.65. The Labute approximate surface area is 318 Å². The second-order valence-electron chi connectivity index (χ2n) is 15.2. The van der Waals surface area contributed by atoms with Gasteiger partial charge in [-0.2, -0.15) is 0 Å². The fraction of sp³-hybridized carbons (Fsp3) is 0.558. The number of ketones is 1. The lowest BCUT2D eigenvalue weighted by Gasteiger charge is -2.23. The van der Waals surface area contributed by atoms with Crippen LogP contribution in [0, 0.1) is 37.5 Å². The predicted octanol–water partition coefficient (Wildman–Crippen LogP) is 13.8. The summed E-state index contributed by atoms with van der Waals surface area (Å²) in [5.74, 6) is 0.312. The molecule has 1 atom stereocenters. The van der Waals surface area contributed by atoms with Crippen molar-refractivity contribution in [3.05, 3.63) is 81.9 Å². The lowest BCUT2D eigenvalue weighted by atomic mass is 9.82. The second kappa shape index (κ2) is 24.3. The zero-order chi connectivity index (χ0) is 40.3. The van der Waals surface area contributed by atoms with Crippen LogP contribution in [0.2, 0.25) is 5.02 Å². The van der Waals surface area contributed by atoms with Crippen molar-refractivity contribution in [3.63, 3.8) is 0 Å². The highest BCUT2D eigenvalue weighted by Gasteiger charge is 2.26. The molecule has 288 valence electrons. The van der Waals surface area contributed by atoms with Crippen molar-refractivity contribution in [2.24, 2.45) is 16.7 Å². The number of furan rings is 1. The number of aromatic carboxylic acids is 1. The van der Waals surface area contributed by atoms with Crippen molar-refractivity contribution in [2.45, 2.75) is 143 Å². The first kappa shape index (κ1) is 50.2. The number of Topliss-reactive ketones (excluding diaryl/α,β-unsaturated/α-hetero) is 1. The number of hydrogen-bond donors (Lipinski definition) is 1. The van der Waals surface area contributed by atoms with E-state index >= 15 is 0 Å². The van der Waals surface area contributed by atoms with Gasteiger partial charge in [-0.15, -0.1) is 9.24 Å². The lowest BCUT2D eigenvalue weighted by molar-refractivity contribution is 0.0659. The predicted molar refractivity (Wildman–Crippen MR) is 224 cm³/mol. The van der Waals surface area contributed by atoms with Gasteiger partial charge in [0.1, 0.15) is 5.76 Å². The Balaban J connectivity index is 0. The molecule has 0 spiro atoms. The molecule has 2 aromatic heterocycles. The zero-order valence-electron chi connectivity index (χ0n) is 34.7. The van der Waals surface area contributed by atoms with Crippen molar-refractivity contribution in [2.75, 3.05) is 0 Å². The molecule has 0 bridgehead atoms. The molecule has 1 N–H and O–H groups in total. The van der Waals surface area contributed by atoms with E-state index < -0.39 is 5.97 Å². The van der Waals surface area contributed by atoms with Gasteiger partial charge in [0, 0.05) is 23.4 Å². The van der Waals surface area contributed by atoms with Gasteiger partial charge >= 0.3 is 5.97 Å². The van der Waals surface area contributed by atoms with Crippen LogP contribution in [0.5, 0.6) is 0 Å². The summed E-state index contributed by atoms with van der Waals surface area (Å²) in [6.45, 7) is 37.2. The number of hydrogen-bond acceptors (Lipinski definition) is 5. The standard InChI is InChI=1S/C23H28ClO2P.C7H16.C6H7NO3.C4H10.C3H8/c1-13(2)21(25)19-11-15(4)22(26-19)17(23(5,6)7)10-14(3)16-8-9-18(24)20(27)12-16;1-5-6-7(2,3)4;1-3-5(6(8)9)10-4(2)7-3;1-3-4-2;1-3-2/h8-13H,3,27H2,1-2,4-7H3;5-6H2,1-4H3;1-2H3,(H,8,9);3-4H2,1-2H3;3H2,1-2H3/b17-10+;;;;. The number of carboxylic acid groups (broad SMARTS) is 1. The molecule has 0 saturated heterocycles. The normalized spacial score (nSPS) is 11.2. The van der Waals surface area contributed by atoms with E-state index in [0.717, 1.165) is 33.3 Å². The zero-order valence-corrected chi connectivity index (χ0v) is 36.6. The number of oxazole rings is 1. The van der Waals surface area contributed by atoms with E-state index in [1.165, 1.54) is 32.1 Å². The Morgan fingerprint density at radius 1 is 0.922 bits per heavy atom. The van der Waals surface area contributed by atoms with E-state index in [-0.39, 0.29) is 22.9 Å². The molecular weight excluding hydrogens is 677 g/mol. The Kier molecular flexibility index (Phi) is 23.9. The van der Waals surface area contributed by atoms with Gasteiger partial charge < -0.3 is 13.9 Å². The minimum absolute atomic E-state index is 0.0155. The molecule has 0 aliphatic rings. The quantitative estimate of drug-likeness (QED) is 0.140. The molecule has 8 heteroatoms. The highest BCUT2D eigenvalue weighted by molar-refractivity contribution is 7.28. The molecule has 1 unspecified atom stereocenters. The number of rotatable bonds is 8. The van der Waals surface area contributed by atoms with E-state index in [1.54, 1.807) is 13.8 Å². The van der Waals surface area contributed by atoms with Crippen LogP contribution in [-0.4, -0.2) is 21.8 Å². The van der Waals surface area contributed by atoms with Gasteiger partial charge in [0.2, 0.25) is 11.5 Å². The molecule has 0 aliphatic heterocycles. The third-order valence-electron chi connectivity index (χ3n) is 7.02. The number of aromatic nitrogens is 1. The molecule has 0 fully saturated rings. The summed E-state index contributed by atoms with van der Waals surface area (Å²) < 4.78 is 10.8. The van der Waals surface area contributed by atoms with Crippen LogP contribution in [0.15, 0.2) is 45.8 Å². The van der Waals surface area contributed by atoms with Gasteiger partial charge in [-0.25, -0.2) is 9.78 Å². The maximum Gasteiger partial charge on any atom is 0.373 e. The van der Waals surface area contributed by atoms with Gasteiger partial charge in [0.25, 0.3) is 0 Å². The first-order valence-electron chi connectivity index (χ1n) is 18.2. The van der Waals surface area contributed by atoms with E-state index in [0.29, 0.717) is 27.8 Å². The van der Waals surface area contributed by atoms with Gasteiger partial charge in [0.15, 0.2) is 11.7 Å². The molecular formula is C43H69ClNO5P. The summed E-state index contributed by atoms with van der Waals surface area (Å²) in [7, 11) is 2.64. The van der Waals surface area contributed by atoms with Crippen LogP contribution < -0.4 is 5.30 Å². The average molecular weight is 746 g/mol. The summed E-state index contributed by atoms with van der Waals surface area (Å²) in [5.41, 5.74) is 4.62. The van der Waals surface area contributed by atoms with Crippen LogP contribution in [0.3, 0.4) is 0 Å². The number of carboxylic acids is 1. The Hall–Kier alpha value is -2.95. The molecule has 51 heavy (non-hydrogen) atoms. The molecule has 3 aromatic rings. The summed E-state index contributed by atoms with van der Waals surface area (Å²) in [5, 5.41) is 10.1.